The number of hydrogen-bond donors (Lipinski definition) is 6. The number of nitrogens with zero attached hydrogens (tertiary/aromatic N) is 6. The summed E-state index contributed by atoms with van der Waals surface area (Å²) in [6.07, 6.45) is -5.42. The quantitative estimate of drug-likeness (QED) is 0.120. The van der Waals surface area contributed by atoms with Crippen LogP contribution in [0.5, 0.6) is 0 Å². The summed E-state index contributed by atoms with van der Waals surface area (Å²) >= 11 is 9.48. The minimum atomic E-state index is -4.29. The number of aliphatic hydroxyl groups excluding tert-OH is 1. The number of ether oxygens (including phenoxy) is 3. The number of thiol groups is 1. The van der Waals surface area contributed by atoms with E-state index in [9.17, 15) is 19.4 Å². The number of anilines is 2. The van der Waals surface area contributed by atoms with E-state index in [-0.39, 0.29) is 22.9 Å². The average Bonchev–Trinajstić information content (AvgIpc) is 3.75. The van der Waals surface area contributed by atoms with E-state index >= 15 is 0 Å². The molecular weight excluding hydrogens is 692 g/mol. The molecule has 20 nitrogen and oxygen atoms in total. The van der Waals surface area contributed by atoms with Crippen LogP contribution in [-0.2, 0) is 48.7 Å². The summed E-state index contributed by atoms with van der Waals surface area (Å²) in [5.41, 5.74) is 11.5. The predicted octanol–water partition coefficient (Wildman–Crippen LogP) is -0.0285. The number of nitrogens with one attached hydrogen (secondary N) is 1. The smallest absolute Gasteiger partial charge is 0.386 e. The number of nitrogen functional groups attached to an aromatic ring is 2. The van der Waals surface area contributed by atoms with Crippen LogP contribution in [0, 0.1) is 0 Å². The van der Waals surface area contributed by atoms with Crippen molar-refractivity contribution in [1.29, 1.82) is 0 Å². The highest BCUT2D eigenvalue weighted by Gasteiger charge is 2.53. The second kappa shape index (κ2) is 11.8. The molecule has 10 atom stereocenters. The van der Waals surface area contributed by atoms with Gasteiger partial charge in [-0.25, -0.2) is 19.5 Å². The Morgan fingerprint density at radius 2 is 1.85 bits per heavy atom. The Hall–Kier alpha value is -2.56. The molecule has 2 bridgehead atoms. The zero-order valence-electron chi connectivity index (χ0n) is 23.5. The van der Waals surface area contributed by atoms with Gasteiger partial charge in [-0.2, -0.15) is 4.98 Å². The summed E-state index contributed by atoms with van der Waals surface area (Å²) < 4.78 is 57.4. The summed E-state index contributed by atoms with van der Waals surface area (Å²) in [4.78, 5) is 42.3. The van der Waals surface area contributed by atoms with Gasteiger partial charge < -0.3 is 44.8 Å². The summed E-state index contributed by atoms with van der Waals surface area (Å²) in [6.45, 7) is -9.33. The van der Waals surface area contributed by atoms with Crippen molar-refractivity contribution in [2.75, 3.05) is 31.8 Å². The molecule has 7 N–H and O–H groups in total. The number of hydrogen-bond acceptors (Lipinski definition) is 17. The molecule has 4 aromatic heterocycles. The Balaban J connectivity index is 1.22. The molecule has 4 aromatic rings. The van der Waals surface area contributed by atoms with E-state index < -0.39 is 81.4 Å². The lowest BCUT2D eigenvalue weighted by molar-refractivity contribution is -0.0594. The number of fused-ring (bicyclic) bond motifs is 5. The van der Waals surface area contributed by atoms with Gasteiger partial charge in [-0.15, -0.1) is 0 Å². The monoisotopic (exact) mass is 719 g/mol. The molecule has 24 heteroatoms. The maximum absolute atomic E-state index is 13.7. The SMILES string of the molecule is COC1C2COP(O)(=S)OC3C(COP(=O)(S)OC1C(n1cnc4c(=O)[nH]c(N)nc41)O2)OC(n1ccc2c(N)ncnc21)C3O. The van der Waals surface area contributed by atoms with Crippen LogP contribution in [0.15, 0.2) is 29.7 Å². The zero-order valence-corrected chi connectivity index (χ0v) is 27.0. The van der Waals surface area contributed by atoms with Crippen LogP contribution in [0.25, 0.3) is 22.2 Å². The molecule has 0 radical (unpaired) electrons. The minimum absolute atomic E-state index is 0.0368. The lowest BCUT2D eigenvalue weighted by atomic mass is 10.1. The Morgan fingerprint density at radius 1 is 1.09 bits per heavy atom. The van der Waals surface area contributed by atoms with Gasteiger partial charge in [0.05, 0.1) is 24.9 Å². The Kier molecular flexibility index (Phi) is 8.24. The molecule has 10 unspecified atom stereocenters. The first-order chi connectivity index (χ1) is 21.9. The molecule has 0 saturated carbocycles. The van der Waals surface area contributed by atoms with Crippen molar-refractivity contribution in [2.24, 2.45) is 0 Å². The molecule has 46 heavy (non-hydrogen) atoms. The number of nitrogens with two attached hydrogens (primary N) is 2. The van der Waals surface area contributed by atoms with Crippen LogP contribution in [0.4, 0.5) is 11.8 Å². The maximum atomic E-state index is 13.7. The van der Waals surface area contributed by atoms with E-state index in [1.165, 1.54) is 28.9 Å². The molecule has 7 rings (SSSR count). The van der Waals surface area contributed by atoms with Crippen molar-refractivity contribution in [2.45, 2.75) is 49.1 Å². The van der Waals surface area contributed by atoms with Crippen LogP contribution in [0.1, 0.15) is 12.5 Å². The van der Waals surface area contributed by atoms with Crippen molar-refractivity contribution in [1.82, 2.24) is 34.1 Å². The first-order valence-corrected chi connectivity index (χ1v) is 18.8. The van der Waals surface area contributed by atoms with Gasteiger partial charge in [-0.1, -0.05) is 12.2 Å². The summed E-state index contributed by atoms with van der Waals surface area (Å²) in [7, 11) is 1.35. The van der Waals surface area contributed by atoms with Crippen LogP contribution in [0.2, 0.25) is 0 Å². The van der Waals surface area contributed by atoms with Gasteiger partial charge >= 0.3 is 13.5 Å². The van der Waals surface area contributed by atoms with E-state index in [0.29, 0.717) is 11.0 Å². The van der Waals surface area contributed by atoms with Crippen molar-refractivity contribution < 1.29 is 46.9 Å². The number of aromatic nitrogens is 7. The highest BCUT2D eigenvalue weighted by Crippen LogP contribution is 2.58. The van der Waals surface area contributed by atoms with Crippen molar-refractivity contribution in [3.63, 3.8) is 0 Å². The molecule has 3 aliphatic rings. The number of aromatic amines is 1. The number of methoxy groups -OCH3 is 1. The van der Waals surface area contributed by atoms with Gasteiger partial charge in [-0.3, -0.25) is 27.9 Å². The average molecular weight is 720 g/mol. The van der Waals surface area contributed by atoms with Crippen LogP contribution in [-0.4, -0.2) is 101 Å². The van der Waals surface area contributed by atoms with Crippen molar-refractivity contribution in [3.05, 3.63) is 35.3 Å². The van der Waals surface area contributed by atoms with Crippen LogP contribution >= 0.6 is 25.8 Å². The predicted molar refractivity (Wildman–Crippen MR) is 164 cm³/mol. The molecule has 3 fully saturated rings. The molecule has 3 aliphatic heterocycles. The first kappa shape index (κ1) is 32.0. The van der Waals surface area contributed by atoms with E-state index in [1.54, 1.807) is 12.3 Å². The standard InChI is InChI=1S/C22H27N9O11P2S2/c1-36-14-10-5-38-43(34,45)41-13-9(39-20(12(13)32)30-3-2-8-16(23)25-6-26-17(8)30)4-37-44(35,46)42-15(14)21(40-10)31-7-27-11-18(31)28-22(24)29-19(11)33/h2-3,6-7,9-10,12-15,20-21,32H,4-5H2,1H3,(H,34,45)(H,35,46)(H2,23,25,26)(H3,24,28,29,33). The topological polar surface area (TPSA) is 268 Å². The van der Waals surface area contributed by atoms with Crippen molar-refractivity contribution >= 4 is 71.5 Å². The fourth-order valence-electron chi connectivity index (χ4n) is 5.71. The largest absolute Gasteiger partial charge is 0.386 e. The van der Waals surface area contributed by atoms with Gasteiger partial charge in [0.2, 0.25) is 5.95 Å². The third-order valence-electron chi connectivity index (χ3n) is 7.72. The zero-order chi connectivity index (χ0) is 32.5. The molecule has 0 aliphatic carbocycles. The van der Waals surface area contributed by atoms with Gasteiger partial charge in [0.15, 0.2) is 23.6 Å². The second-order valence-electron chi connectivity index (χ2n) is 10.5. The van der Waals surface area contributed by atoms with E-state index in [2.05, 4.69) is 37.2 Å². The lowest BCUT2D eigenvalue weighted by Crippen LogP contribution is -2.37. The number of aliphatic hydroxyl groups is 1. The van der Waals surface area contributed by atoms with Gasteiger partial charge in [-0.05, 0) is 17.9 Å². The summed E-state index contributed by atoms with van der Waals surface area (Å²) in [5, 5.41) is 11.9. The molecular formula is C22H27N9O11P2S2. The van der Waals surface area contributed by atoms with Gasteiger partial charge in [0.25, 0.3) is 5.56 Å². The summed E-state index contributed by atoms with van der Waals surface area (Å²) in [5.74, 6) is 0.0295. The van der Waals surface area contributed by atoms with Crippen LogP contribution in [0.3, 0.4) is 0 Å². The highest BCUT2D eigenvalue weighted by atomic mass is 32.7. The Morgan fingerprint density at radius 3 is 2.63 bits per heavy atom. The molecule has 248 valence electrons. The third-order valence-corrected chi connectivity index (χ3v) is 10.9. The van der Waals surface area contributed by atoms with E-state index in [1.807, 2.05) is 0 Å². The Labute approximate surface area is 268 Å². The molecule has 7 heterocycles. The molecule has 0 spiro atoms. The third kappa shape index (κ3) is 5.66. The number of rotatable bonds is 3. The van der Waals surface area contributed by atoms with Gasteiger partial charge in [0, 0.05) is 13.3 Å². The molecule has 3 saturated heterocycles. The number of imidazole rings is 1. The highest BCUT2D eigenvalue weighted by molar-refractivity contribution is 8.44. The maximum Gasteiger partial charge on any atom is 0.386 e. The van der Waals surface area contributed by atoms with Crippen LogP contribution < -0.4 is 17.0 Å². The fourth-order valence-corrected chi connectivity index (χ4v) is 8.61. The molecule has 0 aromatic carbocycles. The molecule has 0 amide bonds. The Bertz CT molecular complexity index is 1960. The van der Waals surface area contributed by atoms with Gasteiger partial charge in [0.1, 0.15) is 54.4 Å². The number of H-pyrrole nitrogens is 1. The first-order valence-electron chi connectivity index (χ1n) is 13.5. The normalized spacial score (nSPS) is 37.1. The van der Waals surface area contributed by atoms with E-state index in [4.69, 9.17) is 55.6 Å². The second-order valence-corrected chi connectivity index (χ2v) is 16.2. The lowest BCUT2D eigenvalue weighted by Gasteiger charge is -2.27. The fraction of sp³-hybridized carbons (Fsp3) is 0.500. The minimum Gasteiger partial charge on any atom is -0.386 e. The van der Waals surface area contributed by atoms with Crippen molar-refractivity contribution in [3.8, 4) is 0 Å². The summed E-state index contributed by atoms with van der Waals surface area (Å²) in [6, 6.07) is 1.64. The van der Waals surface area contributed by atoms with E-state index in [0.717, 1.165) is 0 Å².